The number of halogens is 1. The predicted octanol–water partition coefficient (Wildman–Crippen LogP) is 1.69. The predicted molar refractivity (Wildman–Crippen MR) is 62.0 cm³/mol. The smallest absolute Gasteiger partial charge is 0.228 e. The number of hydrogen-bond donors (Lipinski definition) is 1. The van der Waals surface area contributed by atoms with Gasteiger partial charge in [-0.3, -0.25) is 0 Å². The Bertz CT molecular complexity index is 547. The van der Waals surface area contributed by atoms with Crippen LogP contribution in [-0.4, -0.2) is 20.7 Å². The van der Waals surface area contributed by atoms with E-state index in [4.69, 9.17) is 10.3 Å². The van der Waals surface area contributed by atoms with Gasteiger partial charge in [0.15, 0.2) is 0 Å². The van der Waals surface area contributed by atoms with Crippen LogP contribution < -0.4 is 5.73 Å². The van der Waals surface area contributed by atoms with Gasteiger partial charge in [0, 0.05) is 12.0 Å². The lowest BCUT2D eigenvalue weighted by atomic mass is 9.75. The van der Waals surface area contributed by atoms with Gasteiger partial charge in [-0.2, -0.15) is 4.98 Å². The molecule has 18 heavy (non-hydrogen) atoms. The molecule has 2 heterocycles. The first-order valence-corrected chi connectivity index (χ1v) is 5.88. The summed E-state index contributed by atoms with van der Waals surface area (Å²) in [4.78, 5) is 8.14. The molecule has 0 saturated heterocycles. The zero-order valence-electron chi connectivity index (χ0n) is 9.77. The largest absolute Gasteiger partial charge is 0.339 e. The van der Waals surface area contributed by atoms with Crippen LogP contribution in [0.5, 0.6) is 0 Å². The minimum atomic E-state index is -0.391. The van der Waals surface area contributed by atoms with Crippen molar-refractivity contribution in [3.63, 3.8) is 0 Å². The monoisotopic (exact) mass is 248 g/mol. The lowest BCUT2D eigenvalue weighted by Crippen LogP contribution is -2.48. The van der Waals surface area contributed by atoms with Crippen LogP contribution >= 0.6 is 0 Å². The molecule has 1 fully saturated rings. The van der Waals surface area contributed by atoms with Crippen molar-refractivity contribution in [3.05, 3.63) is 30.0 Å². The molecular formula is C12H13FN4O. The average molecular weight is 248 g/mol. The summed E-state index contributed by atoms with van der Waals surface area (Å²) < 4.78 is 17.9. The van der Waals surface area contributed by atoms with Crippen LogP contribution in [0, 0.1) is 5.82 Å². The van der Waals surface area contributed by atoms with E-state index in [-0.39, 0.29) is 5.54 Å². The van der Waals surface area contributed by atoms with Gasteiger partial charge in [0.05, 0.1) is 6.20 Å². The summed E-state index contributed by atoms with van der Waals surface area (Å²) in [6.07, 6.45) is 4.83. The molecule has 2 aromatic rings. The summed E-state index contributed by atoms with van der Waals surface area (Å²) in [5.41, 5.74) is 6.41. The Morgan fingerprint density at radius 2 is 2.22 bits per heavy atom. The number of nitrogens with two attached hydrogens (primary N) is 1. The van der Waals surface area contributed by atoms with E-state index in [0.29, 0.717) is 23.8 Å². The van der Waals surface area contributed by atoms with Crippen LogP contribution in [0.1, 0.15) is 25.2 Å². The Balaban J connectivity index is 1.78. The molecule has 6 heteroatoms. The second-order valence-electron chi connectivity index (χ2n) is 4.77. The van der Waals surface area contributed by atoms with Gasteiger partial charge in [0.2, 0.25) is 11.7 Å². The first-order valence-electron chi connectivity index (χ1n) is 5.88. The topological polar surface area (TPSA) is 77.8 Å². The molecule has 0 atom stereocenters. The zero-order valence-corrected chi connectivity index (χ0v) is 9.77. The molecule has 0 radical (unpaired) electrons. The third-order valence-electron chi connectivity index (χ3n) is 3.28. The van der Waals surface area contributed by atoms with Gasteiger partial charge in [0.1, 0.15) is 11.5 Å². The lowest BCUT2D eigenvalue weighted by molar-refractivity contribution is 0.222. The Hall–Kier alpha value is -1.82. The van der Waals surface area contributed by atoms with Crippen molar-refractivity contribution in [2.45, 2.75) is 31.2 Å². The minimum Gasteiger partial charge on any atom is -0.339 e. The summed E-state index contributed by atoms with van der Waals surface area (Å²) in [7, 11) is 0. The number of aromatic nitrogens is 3. The van der Waals surface area contributed by atoms with Gasteiger partial charge in [-0.05, 0) is 31.4 Å². The van der Waals surface area contributed by atoms with Crippen molar-refractivity contribution < 1.29 is 8.91 Å². The maximum Gasteiger partial charge on any atom is 0.228 e. The lowest BCUT2D eigenvalue weighted by Gasteiger charge is -2.36. The molecule has 1 aliphatic carbocycles. The van der Waals surface area contributed by atoms with E-state index in [1.807, 2.05) is 0 Å². The molecule has 1 saturated carbocycles. The number of pyridine rings is 1. The van der Waals surface area contributed by atoms with E-state index in [2.05, 4.69) is 15.1 Å². The number of rotatable bonds is 3. The molecule has 0 aliphatic heterocycles. The highest BCUT2D eigenvalue weighted by Crippen LogP contribution is 2.32. The maximum atomic E-state index is 12.7. The van der Waals surface area contributed by atoms with E-state index < -0.39 is 5.82 Å². The van der Waals surface area contributed by atoms with Crippen molar-refractivity contribution in [2.75, 3.05) is 0 Å². The Kier molecular flexibility index (Phi) is 2.59. The van der Waals surface area contributed by atoms with Crippen LogP contribution in [0.25, 0.3) is 11.5 Å². The molecule has 0 amide bonds. The van der Waals surface area contributed by atoms with Crippen LogP contribution in [-0.2, 0) is 6.42 Å². The van der Waals surface area contributed by atoms with Crippen molar-refractivity contribution in [1.29, 1.82) is 0 Å². The minimum absolute atomic E-state index is 0.194. The van der Waals surface area contributed by atoms with Gasteiger partial charge in [-0.15, -0.1) is 0 Å². The quantitative estimate of drug-likeness (QED) is 0.894. The van der Waals surface area contributed by atoms with Crippen LogP contribution in [0.15, 0.2) is 22.9 Å². The highest BCUT2D eigenvalue weighted by molar-refractivity contribution is 5.47. The van der Waals surface area contributed by atoms with E-state index in [0.717, 1.165) is 25.5 Å². The third kappa shape index (κ3) is 2.11. The summed E-state index contributed by atoms with van der Waals surface area (Å²) in [6.45, 7) is 0. The molecular weight excluding hydrogens is 235 g/mol. The summed E-state index contributed by atoms with van der Waals surface area (Å²) >= 11 is 0. The highest BCUT2D eigenvalue weighted by Gasteiger charge is 2.34. The standard InChI is InChI=1S/C12H13FN4O/c13-8-2-3-9(15-7-8)11-16-10(18-17-11)6-12(14)4-1-5-12/h2-3,7H,1,4-6,14H2. The molecule has 1 aliphatic rings. The van der Waals surface area contributed by atoms with Crippen LogP contribution in [0.3, 0.4) is 0 Å². The van der Waals surface area contributed by atoms with Gasteiger partial charge in [0.25, 0.3) is 0 Å². The number of nitrogens with zero attached hydrogens (tertiary/aromatic N) is 3. The van der Waals surface area contributed by atoms with Crippen LogP contribution in [0.4, 0.5) is 4.39 Å². The van der Waals surface area contributed by atoms with E-state index in [9.17, 15) is 4.39 Å². The summed E-state index contributed by atoms with van der Waals surface area (Å²) in [5.74, 6) is 0.490. The van der Waals surface area contributed by atoms with E-state index in [1.165, 1.54) is 12.1 Å². The van der Waals surface area contributed by atoms with Crippen LogP contribution in [0.2, 0.25) is 0 Å². The molecule has 0 unspecified atom stereocenters. The molecule has 0 spiro atoms. The second kappa shape index (κ2) is 4.13. The molecule has 5 nitrogen and oxygen atoms in total. The van der Waals surface area contributed by atoms with Crippen molar-refractivity contribution in [2.24, 2.45) is 5.73 Å². The molecule has 94 valence electrons. The molecule has 0 bridgehead atoms. The molecule has 0 aromatic carbocycles. The Labute approximate surface area is 103 Å². The van der Waals surface area contributed by atoms with Gasteiger partial charge in [-0.25, -0.2) is 9.37 Å². The molecule has 3 rings (SSSR count). The first kappa shape index (κ1) is 11.3. The van der Waals surface area contributed by atoms with Gasteiger partial charge >= 0.3 is 0 Å². The Morgan fingerprint density at radius 1 is 1.39 bits per heavy atom. The normalized spacial score (nSPS) is 17.4. The summed E-state index contributed by atoms with van der Waals surface area (Å²) in [5, 5.41) is 3.83. The van der Waals surface area contributed by atoms with E-state index in [1.54, 1.807) is 0 Å². The Morgan fingerprint density at radius 3 is 2.83 bits per heavy atom. The summed E-state index contributed by atoms with van der Waals surface area (Å²) in [6, 6.07) is 2.83. The fraction of sp³-hybridized carbons (Fsp3) is 0.417. The first-order chi connectivity index (χ1) is 8.65. The van der Waals surface area contributed by atoms with Gasteiger partial charge < -0.3 is 10.3 Å². The van der Waals surface area contributed by atoms with Crippen molar-refractivity contribution in [3.8, 4) is 11.5 Å². The fourth-order valence-corrected chi connectivity index (χ4v) is 2.05. The van der Waals surface area contributed by atoms with Crippen molar-refractivity contribution in [1.82, 2.24) is 15.1 Å². The second-order valence-corrected chi connectivity index (χ2v) is 4.77. The van der Waals surface area contributed by atoms with Gasteiger partial charge in [-0.1, -0.05) is 5.16 Å². The molecule has 2 aromatic heterocycles. The highest BCUT2D eigenvalue weighted by atomic mass is 19.1. The zero-order chi connectivity index (χ0) is 12.6. The SMILES string of the molecule is NC1(Cc2nc(-c3ccc(F)cn3)no2)CCC1. The van der Waals surface area contributed by atoms with Crippen molar-refractivity contribution >= 4 is 0 Å². The fourth-order valence-electron chi connectivity index (χ4n) is 2.05. The third-order valence-corrected chi connectivity index (χ3v) is 3.28. The average Bonchev–Trinajstić information content (AvgIpc) is 2.76. The maximum absolute atomic E-state index is 12.7. The van der Waals surface area contributed by atoms with E-state index >= 15 is 0 Å². The molecule has 2 N–H and O–H groups in total. The number of hydrogen-bond acceptors (Lipinski definition) is 5.